The van der Waals surface area contributed by atoms with Gasteiger partial charge in [-0.05, 0) is 18.6 Å². The molecule has 0 aliphatic carbocycles. The molecule has 1 saturated heterocycles. The lowest BCUT2D eigenvalue weighted by molar-refractivity contribution is -0.0754. The van der Waals surface area contributed by atoms with Crippen LogP contribution in [0, 0.1) is 5.92 Å². The summed E-state index contributed by atoms with van der Waals surface area (Å²) in [5.74, 6) is 0.134. The highest BCUT2D eigenvalue weighted by atomic mass is 16.7. The van der Waals surface area contributed by atoms with Crippen molar-refractivity contribution in [1.82, 2.24) is 0 Å². The Kier molecular flexibility index (Phi) is 5.81. The maximum atomic E-state index is 11.4. The molecule has 0 bridgehead atoms. The first kappa shape index (κ1) is 15.6. The standard InChI is InChI=1S/C17H22O4/c1-3-7-15-10-16(21-17(18)20-15)13(2)11-19-12-14-8-5-4-6-9-14/h3-9,13,15-16H,10-12H2,1-2H3/b7-3+/t13-,15-,16+/m1/s1. The summed E-state index contributed by atoms with van der Waals surface area (Å²) >= 11 is 0. The van der Waals surface area contributed by atoms with E-state index in [0.717, 1.165) is 5.56 Å². The Morgan fingerprint density at radius 1 is 1.33 bits per heavy atom. The van der Waals surface area contributed by atoms with Crippen molar-refractivity contribution in [3.8, 4) is 0 Å². The van der Waals surface area contributed by atoms with Crippen LogP contribution in [-0.2, 0) is 20.8 Å². The van der Waals surface area contributed by atoms with Gasteiger partial charge in [-0.25, -0.2) is 4.79 Å². The summed E-state index contributed by atoms with van der Waals surface area (Å²) in [6.45, 7) is 5.06. The van der Waals surface area contributed by atoms with Gasteiger partial charge in [0.1, 0.15) is 12.2 Å². The molecule has 2 rings (SSSR count). The van der Waals surface area contributed by atoms with Gasteiger partial charge in [-0.2, -0.15) is 0 Å². The first-order chi connectivity index (χ1) is 10.2. The number of carbonyl (C=O) groups excluding carboxylic acids is 1. The van der Waals surface area contributed by atoms with E-state index in [9.17, 15) is 4.79 Å². The van der Waals surface area contributed by atoms with E-state index in [1.165, 1.54) is 0 Å². The predicted octanol–water partition coefficient (Wildman–Crippen LogP) is 3.71. The van der Waals surface area contributed by atoms with Gasteiger partial charge in [0.15, 0.2) is 0 Å². The summed E-state index contributed by atoms with van der Waals surface area (Å²) in [5, 5.41) is 0. The van der Waals surface area contributed by atoms with Crippen molar-refractivity contribution in [2.75, 3.05) is 6.61 Å². The molecule has 0 radical (unpaired) electrons. The number of allylic oxidation sites excluding steroid dienone is 1. The van der Waals surface area contributed by atoms with E-state index in [0.29, 0.717) is 19.6 Å². The third kappa shape index (κ3) is 4.90. The van der Waals surface area contributed by atoms with Crippen LogP contribution in [-0.4, -0.2) is 25.0 Å². The normalized spacial score (nSPS) is 23.6. The van der Waals surface area contributed by atoms with E-state index in [1.54, 1.807) is 0 Å². The van der Waals surface area contributed by atoms with Crippen molar-refractivity contribution in [2.24, 2.45) is 5.92 Å². The van der Waals surface area contributed by atoms with Crippen LogP contribution < -0.4 is 0 Å². The molecule has 3 atom stereocenters. The minimum absolute atomic E-state index is 0.134. The van der Waals surface area contributed by atoms with Crippen molar-refractivity contribution < 1.29 is 19.0 Å². The Morgan fingerprint density at radius 2 is 2.10 bits per heavy atom. The van der Waals surface area contributed by atoms with Crippen molar-refractivity contribution in [1.29, 1.82) is 0 Å². The van der Waals surface area contributed by atoms with Crippen LogP contribution in [0.15, 0.2) is 42.5 Å². The molecule has 114 valence electrons. The minimum atomic E-state index is -0.593. The van der Waals surface area contributed by atoms with Gasteiger partial charge in [0.2, 0.25) is 0 Å². The third-order valence-electron chi connectivity index (χ3n) is 3.49. The molecule has 1 aromatic carbocycles. The quantitative estimate of drug-likeness (QED) is 0.592. The Morgan fingerprint density at radius 3 is 2.81 bits per heavy atom. The molecule has 0 N–H and O–H groups in total. The summed E-state index contributed by atoms with van der Waals surface area (Å²) in [6, 6.07) is 10.0. The predicted molar refractivity (Wildman–Crippen MR) is 79.8 cm³/mol. The third-order valence-corrected chi connectivity index (χ3v) is 3.49. The number of hydrogen-bond donors (Lipinski definition) is 0. The fourth-order valence-corrected chi connectivity index (χ4v) is 2.33. The van der Waals surface area contributed by atoms with E-state index in [2.05, 4.69) is 0 Å². The Balaban J connectivity index is 1.79. The molecule has 0 saturated carbocycles. The Hall–Kier alpha value is -1.81. The maximum Gasteiger partial charge on any atom is 0.509 e. The van der Waals surface area contributed by atoms with Crippen LogP contribution in [0.3, 0.4) is 0 Å². The lowest BCUT2D eigenvalue weighted by Gasteiger charge is -2.31. The highest BCUT2D eigenvalue weighted by molar-refractivity contribution is 5.61. The van der Waals surface area contributed by atoms with Gasteiger partial charge in [0, 0.05) is 12.3 Å². The summed E-state index contributed by atoms with van der Waals surface area (Å²) in [4.78, 5) is 11.4. The topological polar surface area (TPSA) is 44.8 Å². The number of carbonyl (C=O) groups is 1. The highest BCUT2D eigenvalue weighted by Gasteiger charge is 2.32. The molecule has 21 heavy (non-hydrogen) atoms. The number of hydrogen-bond acceptors (Lipinski definition) is 4. The molecule has 1 heterocycles. The van der Waals surface area contributed by atoms with Crippen LogP contribution in [0.1, 0.15) is 25.8 Å². The smallest absolute Gasteiger partial charge is 0.430 e. The lowest BCUT2D eigenvalue weighted by Crippen LogP contribution is -2.38. The van der Waals surface area contributed by atoms with Crippen molar-refractivity contribution in [3.05, 3.63) is 48.0 Å². The average Bonchev–Trinajstić information content (AvgIpc) is 2.48. The summed E-state index contributed by atoms with van der Waals surface area (Å²) in [5.41, 5.74) is 1.14. The zero-order valence-corrected chi connectivity index (χ0v) is 12.5. The van der Waals surface area contributed by atoms with Gasteiger partial charge in [-0.3, -0.25) is 0 Å². The monoisotopic (exact) mass is 290 g/mol. The number of ether oxygens (including phenoxy) is 3. The molecule has 1 aromatic rings. The molecule has 1 aliphatic heterocycles. The first-order valence-electron chi connectivity index (χ1n) is 7.30. The fraction of sp³-hybridized carbons (Fsp3) is 0.471. The molecule has 0 amide bonds. The van der Waals surface area contributed by atoms with Gasteiger partial charge in [0.05, 0.1) is 13.2 Å². The van der Waals surface area contributed by atoms with E-state index >= 15 is 0 Å². The molecular formula is C17H22O4. The molecule has 4 nitrogen and oxygen atoms in total. The van der Waals surface area contributed by atoms with Crippen molar-refractivity contribution >= 4 is 6.16 Å². The van der Waals surface area contributed by atoms with E-state index in [1.807, 2.05) is 56.3 Å². The second-order valence-corrected chi connectivity index (χ2v) is 5.30. The lowest BCUT2D eigenvalue weighted by atomic mass is 9.98. The van der Waals surface area contributed by atoms with Gasteiger partial charge >= 0.3 is 6.16 Å². The van der Waals surface area contributed by atoms with Crippen LogP contribution in [0.25, 0.3) is 0 Å². The molecule has 0 unspecified atom stereocenters. The maximum absolute atomic E-state index is 11.4. The summed E-state index contributed by atoms with van der Waals surface area (Å²) in [7, 11) is 0. The van der Waals surface area contributed by atoms with Gasteiger partial charge in [-0.1, -0.05) is 43.3 Å². The van der Waals surface area contributed by atoms with Crippen LogP contribution in [0.2, 0.25) is 0 Å². The second-order valence-electron chi connectivity index (χ2n) is 5.30. The van der Waals surface area contributed by atoms with Crippen molar-refractivity contribution in [2.45, 2.75) is 39.1 Å². The average molecular weight is 290 g/mol. The molecule has 1 aliphatic rings. The SMILES string of the molecule is C/C=C/[C@@H]1C[C@@H]([C@H](C)COCc2ccccc2)OC(=O)O1. The van der Waals surface area contributed by atoms with Gasteiger partial charge in [-0.15, -0.1) is 0 Å². The molecule has 4 heteroatoms. The van der Waals surface area contributed by atoms with Crippen molar-refractivity contribution in [3.63, 3.8) is 0 Å². The Bertz CT molecular complexity index is 469. The fourth-order valence-electron chi connectivity index (χ4n) is 2.33. The van der Waals surface area contributed by atoms with Crippen LogP contribution in [0.4, 0.5) is 4.79 Å². The van der Waals surface area contributed by atoms with E-state index < -0.39 is 6.16 Å². The highest BCUT2D eigenvalue weighted by Crippen LogP contribution is 2.23. The molecular weight excluding hydrogens is 268 g/mol. The summed E-state index contributed by atoms with van der Waals surface area (Å²) < 4.78 is 16.1. The van der Waals surface area contributed by atoms with Gasteiger partial charge < -0.3 is 14.2 Å². The second kappa shape index (κ2) is 7.84. The van der Waals surface area contributed by atoms with Crippen LogP contribution in [0.5, 0.6) is 0 Å². The van der Waals surface area contributed by atoms with Crippen LogP contribution >= 0.6 is 0 Å². The number of benzene rings is 1. The van der Waals surface area contributed by atoms with E-state index in [-0.39, 0.29) is 18.1 Å². The zero-order chi connectivity index (χ0) is 15.1. The van der Waals surface area contributed by atoms with Gasteiger partial charge in [0.25, 0.3) is 0 Å². The molecule has 0 aromatic heterocycles. The number of rotatable bonds is 6. The number of cyclic esters (lactones) is 2. The summed E-state index contributed by atoms with van der Waals surface area (Å²) in [6.07, 6.45) is 3.48. The largest absolute Gasteiger partial charge is 0.509 e. The van der Waals surface area contributed by atoms with E-state index in [4.69, 9.17) is 14.2 Å². The Labute approximate surface area is 125 Å². The molecule has 0 spiro atoms. The zero-order valence-electron chi connectivity index (χ0n) is 12.5. The first-order valence-corrected chi connectivity index (χ1v) is 7.30. The minimum Gasteiger partial charge on any atom is -0.430 e. The molecule has 1 fully saturated rings.